The van der Waals surface area contributed by atoms with Gasteiger partial charge >= 0.3 is 0 Å². The number of rotatable bonds is 6. The first kappa shape index (κ1) is 19.0. The van der Waals surface area contributed by atoms with E-state index in [9.17, 15) is 4.79 Å². The third-order valence-corrected chi connectivity index (χ3v) is 5.17. The van der Waals surface area contributed by atoms with Crippen LogP contribution < -0.4 is 10.1 Å². The van der Waals surface area contributed by atoms with Gasteiger partial charge in [0.25, 0.3) is 5.91 Å². The highest BCUT2D eigenvalue weighted by Gasteiger charge is 2.28. The van der Waals surface area contributed by atoms with E-state index in [2.05, 4.69) is 5.32 Å². The number of nitrogens with zero attached hydrogens (tertiary/aromatic N) is 1. The van der Waals surface area contributed by atoms with Crippen LogP contribution in [-0.2, 0) is 6.61 Å². The summed E-state index contributed by atoms with van der Waals surface area (Å²) >= 11 is 12.1. The topological polar surface area (TPSA) is 41.6 Å². The van der Waals surface area contributed by atoms with Crippen LogP contribution in [0.1, 0.15) is 22.3 Å². The van der Waals surface area contributed by atoms with Crippen LogP contribution >= 0.6 is 23.2 Å². The number of ether oxygens (including phenoxy) is 1. The number of amides is 1. The summed E-state index contributed by atoms with van der Waals surface area (Å²) in [7, 11) is 1.94. The highest BCUT2D eigenvalue weighted by atomic mass is 35.5. The zero-order valence-corrected chi connectivity index (χ0v) is 16.2. The molecule has 0 spiro atoms. The molecule has 1 aliphatic heterocycles. The van der Waals surface area contributed by atoms with E-state index in [1.165, 1.54) is 0 Å². The maximum Gasteiger partial charge on any atom is 0.257 e. The average Bonchev–Trinajstić information content (AvgIpc) is 3.10. The smallest absolute Gasteiger partial charge is 0.257 e. The Hall–Kier alpha value is -1.75. The van der Waals surface area contributed by atoms with Crippen molar-refractivity contribution < 1.29 is 9.53 Å². The summed E-state index contributed by atoms with van der Waals surface area (Å²) in [6, 6.07) is 12.6. The second-order valence-electron chi connectivity index (χ2n) is 6.48. The van der Waals surface area contributed by atoms with Crippen molar-refractivity contribution in [2.24, 2.45) is 5.92 Å². The lowest BCUT2D eigenvalue weighted by Gasteiger charge is -2.19. The van der Waals surface area contributed by atoms with E-state index in [0.29, 0.717) is 27.3 Å². The molecule has 1 saturated heterocycles. The number of carbonyl (C=O) groups is 1. The molecule has 4 nitrogen and oxygen atoms in total. The fraction of sp³-hybridized carbons (Fsp3) is 0.350. The first-order valence-electron chi connectivity index (χ1n) is 8.68. The molecule has 1 N–H and O–H groups in total. The van der Waals surface area contributed by atoms with Gasteiger partial charge < -0.3 is 15.0 Å². The third kappa shape index (κ3) is 4.50. The van der Waals surface area contributed by atoms with E-state index in [-0.39, 0.29) is 12.5 Å². The minimum absolute atomic E-state index is 0.0152. The van der Waals surface area contributed by atoms with Gasteiger partial charge in [-0.15, -0.1) is 0 Å². The van der Waals surface area contributed by atoms with E-state index >= 15 is 0 Å². The molecule has 1 fully saturated rings. The molecule has 138 valence electrons. The minimum Gasteiger partial charge on any atom is -0.488 e. The van der Waals surface area contributed by atoms with Crippen molar-refractivity contribution in [3.8, 4) is 5.75 Å². The van der Waals surface area contributed by atoms with Crippen LogP contribution in [0.3, 0.4) is 0 Å². The van der Waals surface area contributed by atoms with Crippen molar-refractivity contribution in [1.82, 2.24) is 10.2 Å². The lowest BCUT2D eigenvalue weighted by Crippen LogP contribution is -2.30. The van der Waals surface area contributed by atoms with Gasteiger partial charge in [-0.3, -0.25) is 4.79 Å². The molecule has 2 aromatic rings. The largest absolute Gasteiger partial charge is 0.488 e. The molecule has 0 radical (unpaired) electrons. The van der Waals surface area contributed by atoms with Crippen LogP contribution in [0.15, 0.2) is 42.5 Å². The lowest BCUT2D eigenvalue weighted by atomic mass is 10.1. The number of carbonyl (C=O) groups excluding carboxylic acids is 1. The fourth-order valence-electron chi connectivity index (χ4n) is 3.21. The van der Waals surface area contributed by atoms with Crippen LogP contribution in [0, 0.1) is 5.92 Å². The Balaban J connectivity index is 1.71. The summed E-state index contributed by atoms with van der Waals surface area (Å²) in [5.74, 6) is 1.09. The molecule has 0 bridgehead atoms. The van der Waals surface area contributed by atoms with Gasteiger partial charge in [0.1, 0.15) is 12.4 Å². The van der Waals surface area contributed by atoms with E-state index in [0.717, 1.165) is 31.6 Å². The molecule has 0 aliphatic carbocycles. The number of para-hydroxylation sites is 1. The molecular formula is C20H22Cl2N2O2. The van der Waals surface area contributed by atoms with Gasteiger partial charge in [-0.2, -0.15) is 0 Å². The Labute approximate surface area is 164 Å². The number of nitrogens with one attached hydrogen (secondary N) is 1. The zero-order valence-electron chi connectivity index (χ0n) is 14.7. The zero-order chi connectivity index (χ0) is 18.5. The number of halogens is 2. The normalized spacial score (nSPS) is 16.7. The van der Waals surface area contributed by atoms with Crippen molar-refractivity contribution in [1.29, 1.82) is 0 Å². The summed E-state index contributed by atoms with van der Waals surface area (Å²) in [4.78, 5) is 14.8. The van der Waals surface area contributed by atoms with Crippen molar-refractivity contribution in [3.05, 3.63) is 63.6 Å². The Morgan fingerprint density at radius 1 is 1.27 bits per heavy atom. The Morgan fingerprint density at radius 2 is 2.08 bits per heavy atom. The molecule has 0 saturated carbocycles. The summed E-state index contributed by atoms with van der Waals surface area (Å²) in [5.41, 5.74) is 1.41. The summed E-state index contributed by atoms with van der Waals surface area (Å²) in [6.07, 6.45) is 1.02. The number of hydrogen-bond acceptors (Lipinski definition) is 3. The van der Waals surface area contributed by atoms with Gasteiger partial charge in [0.05, 0.1) is 5.56 Å². The monoisotopic (exact) mass is 392 g/mol. The summed E-state index contributed by atoms with van der Waals surface area (Å²) in [6.45, 7) is 2.76. The van der Waals surface area contributed by atoms with Crippen molar-refractivity contribution in [2.75, 3.05) is 26.7 Å². The highest BCUT2D eigenvalue weighted by molar-refractivity contribution is 6.35. The summed E-state index contributed by atoms with van der Waals surface area (Å²) in [5, 5.41) is 4.32. The molecule has 6 heteroatoms. The Bertz CT molecular complexity index is 782. The quantitative estimate of drug-likeness (QED) is 0.798. The van der Waals surface area contributed by atoms with Gasteiger partial charge in [0, 0.05) is 28.7 Å². The van der Waals surface area contributed by atoms with Crippen LogP contribution in [-0.4, -0.2) is 37.5 Å². The molecule has 2 aromatic carbocycles. The standard InChI is InChI=1S/C20H22Cl2N2O2/c1-23-11-14-8-9-24(12-14)20(25)17-4-2-3-5-19(17)26-13-15-6-7-16(21)10-18(15)22/h2-7,10,14,23H,8-9,11-13H2,1H3. The number of likely N-dealkylation sites (tertiary alicyclic amines) is 1. The Morgan fingerprint density at radius 3 is 2.85 bits per heavy atom. The van der Waals surface area contributed by atoms with Gasteiger partial charge in [-0.1, -0.05) is 41.4 Å². The number of hydrogen-bond donors (Lipinski definition) is 1. The van der Waals surface area contributed by atoms with Crippen molar-refractivity contribution >= 4 is 29.1 Å². The molecular weight excluding hydrogens is 371 g/mol. The predicted molar refractivity (Wildman–Crippen MR) is 105 cm³/mol. The van der Waals surface area contributed by atoms with Crippen LogP contribution in [0.4, 0.5) is 0 Å². The number of benzene rings is 2. The maximum atomic E-state index is 12.9. The molecule has 3 rings (SSSR count). The predicted octanol–water partition coefficient (Wildman–Crippen LogP) is 4.25. The van der Waals surface area contributed by atoms with E-state index in [1.807, 2.05) is 42.3 Å². The van der Waals surface area contributed by atoms with Crippen LogP contribution in [0.5, 0.6) is 5.75 Å². The van der Waals surface area contributed by atoms with Gasteiger partial charge in [-0.05, 0) is 50.2 Å². The van der Waals surface area contributed by atoms with Gasteiger partial charge in [-0.25, -0.2) is 0 Å². The average molecular weight is 393 g/mol. The van der Waals surface area contributed by atoms with E-state index in [1.54, 1.807) is 12.1 Å². The molecule has 26 heavy (non-hydrogen) atoms. The minimum atomic E-state index is 0.0152. The molecule has 1 atom stereocenters. The van der Waals surface area contributed by atoms with E-state index in [4.69, 9.17) is 27.9 Å². The maximum absolute atomic E-state index is 12.9. The van der Waals surface area contributed by atoms with Crippen molar-refractivity contribution in [2.45, 2.75) is 13.0 Å². The van der Waals surface area contributed by atoms with Crippen LogP contribution in [0.2, 0.25) is 10.0 Å². The SMILES string of the molecule is CNCC1CCN(C(=O)c2ccccc2OCc2ccc(Cl)cc2Cl)C1. The fourth-order valence-corrected chi connectivity index (χ4v) is 3.67. The molecule has 1 unspecified atom stereocenters. The molecule has 0 aromatic heterocycles. The molecule has 1 aliphatic rings. The first-order chi connectivity index (χ1) is 12.6. The second kappa shape index (κ2) is 8.76. The van der Waals surface area contributed by atoms with Gasteiger partial charge in [0.2, 0.25) is 0 Å². The molecule has 1 heterocycles. The molecule has 1 amide bonds. The second-order valence-corrected chi connectivity index (χ2v) is 7.33. The summed E-state index contributed by atoms with van der Waals surface area (Å²) < 4.78 is 5.91. The van der Waals surface area contributed by atoms with E-state index < -0.39 is 0 Å². The Kier molecular flexibility index (Phi) is 6.41. The lowest BCUT2D eigenvalue weighted by molar-refractivity contribution is 0.0782. The highest BCUT2D eigenvalue weighted by Crippen LogP contribution is 2.26. The first-order valence-corrected chi connectivity index (χ1v) is 9.43. The van der Waals surface area contributed by atoms with Crippen LogP contribution in [0.25, 0.3) is 0 Å². The van der Waals surface area contributed by atoms with Crippen molar-refractivity contribution in [3.63, 3.8) is 0 Å². The third-order valence-electron chi connectivity index (χ3n) is 4.58. The van der Waals surface area contributed by atoms with Gasteiger partial charge in [0.15, 0.2) is 0 Å².